The van der Waals surface area contributed by atoms with Gasteiger partial charge in [0, 0.05) is 19.4 Å². The SMILES string of the molecule is CC/C=C\C/C=C\C/C=C\C/C=C\C/C=C\C/C=C\C/C=C\C/C=C\C/C=C\C/C=C\C/C=C\C/C=C\CCCCCCC(=O)OC(COC(=O)CCCCCCCCCCCCCCCCC/C=C\CCCCCCCCCC)COP(=O)(O)OCCN. The van der Waals surface area contributed by atoms with Gasteiger partial charge >= 0.3 is 19.8 Å². The Labute approximate surface area is 547 Å². The van der Waals surface area contributed by atoms with Crippen molar-refractivity contribution in [1.29, 1.82) is 0 Å². The van der Waals surface area contributed by atoms with Crippen LogP contribution in [0.5, 0.6) is 0 Å². The minimum absolute atomic E-state index is 0.0421. The van der Waals surface area contributed by atoms with Crippen LogP contribution in [-0.4, -0.2) is 49.3 Å². The Morgan fingerprint density at radius 2 is 0.618 bits per heavy atom. The Balaban J connectivity index is 4.00. The van der Waals surface area contributed by atoms with E-state index in [2.05, 4.69) is 172 Å². The minimum Gasteiger partial charge on any atom is -0.462 e. The van der Waals surface area contributed by atoms with Crippen molar-refractivity contribution in [3.8, 4) is 0 Å². The van der Waals surface area contributed by atoms with E-state index >= 15 is 0 Å². The molecular formula is C79H132NO8P. The van der Waals surface area contributed by atoms with Crippen molar-refractivity contribution in [2.45, 2.75) is 302 Å². The number of esters is 2. The molecule has 0 aliphatic heterocycles. The molecule has 0 spiro atoms. The van der Waals surface area contributed by atoms with Gasteiger partial charge in [-0.3, -0.25) is 18.6 Å². The standard InChI is InChI=1S/C79H132NO8P/c1-3-5-7-9-11-13-15-17-19-21-23-25-27-29-31-32-33-34-35-36-37-38-39-40-41-42-43-44-46-48-50-52-54-56-58-60-62-64-66-68-70-72-79(82)88-77(76-87-89(83,84)86-74-73-80)75-85-78(81)71-69-67-65-63-61-59-57-55-53-51-49-47-45-30-28-26-24-22-20-18-16-14-12-10-8-6-4-2/h5,7,11,13,17,19,22-25,29,31,33-34,36-37,39-40,42-43,46,48,52,54,58,60,77H,3-4,6,8-10,12,14-16,18,20-21,26-28,30,32,35,38,41,44-45,47,49-51,53,55-57,59,61-76,80H2,1-2H3,(H,83,84)/b7-5-,13-11-,19-17-,24-22-,25-23-,31-29-,34-33-,37-36-,40-39-,43-42-,48-46-,54-52-,60-58-. The molecular weight excluding hydrogens is 1120 g/mol. The number of allylic oxidation sites excluding steroid dienone is 26. The van der Waals surface area contributed by atoms with Crippen LogP contribution in [0.1, 0.15) is 296 Å². The van der Waals surface area contributed by atoms with Crippen LogP contribution in [0, 0.1) is 0 Å². The number of hydrogen-bond acceptors (Lipinski definition) is 8. The molecule has 2 atom stereocenters. The largest absolute Gasteiger partial charge is 0.472 e. The number of unbranched alkanes of at least 4 members (excludes halogenated alkanes) is 27. The third-order valence-electron chi connectivity index (χ3n) is 14.9. The van der Waals surface area contributed by atoms with Crippen molar-refractivity contribution in [3.05, 3.63) is 158 Å². The zero-order chi connectivity index (χ0) is 64.4. The van der Waals surface area contributed by atoms with Gasteiger partial charge in [-0.15, -0.1) is 0 Å². The summed E-state index contributed by atoms with van der Waals surface area (Å²) in [6.07, 6.45) is 106. The number of carbonyl (C=O) groups excluding carboxylic acids is 2. The highest BCUT2D eigenvalue weighted by atomic mass is 31.2. The van der Waals surface area contributed by atoms with Crippen LogP contribution in [-0.2, 0) is 32.7 Å². The predicted octanol–water partition coefficient (Wildman–Crippen LogP) is 24.0. The van der Waals surface area contributed by atoms with Crippen molar-refractivity contribution in [3.63, 3.8) is 0 Å². The molecule has 0 rings (SSSR count). The Morgan fingerprint density at radius 3 is 0.933 bits per heavy atom. The average Bonchev–Trinajstić information content (AvgIpc) is 3.58. The summed E-state index contributed by atoms with van der Waals surface area (Å²) in [5, 5.41) is 0. The second-order valence-corrected chi connectivity index (χ2v) is 24.8. The molecule has 506 valence electrons. The number of phosphoric acid groups is 1. The van der Waals surface area contributed by atoms with Crippen molar-refractivity contribution < 1.29 is 37.6 Å². The molecule has 0 bridgehead atoms. The number of nitrogens with two attached hydrogens (primary N) is 1. The van der Waals surface area contributed by atoms with Crippen LogP contribution in [0.3, 0.4) is 0 Å². The number of rotatable bonds is 66. The van der Waals surface area contributed by atoms with Crippen LogP contribution >= 0.6 is 7.82 Å². The van der Waals surface area contributed by atoms with Crippen LogP contribution in [0.2, 0.25) is 0 Å². The summed E-state index contributed by atoms with van der Waals surface area (Å²) in [5.74, 6) is -0.859. The van der Waals surface area contributed by atoms with E-state index in [4.69, 9.17) is 24.3 Å². The van der Waals surface area contributed by atoms with E-state index in [0.717, 1.165) is 122 Å². The topological polar surface area (TPSA) is 134 Å². The molecule has 0 radical (unpaired) electrons. The van der Waals surface area contributed by atoms with E-state index in [1.807, 2.05) is 0 Å². The molecule has 89 heavy (non-hydrogen) atoms. The summed E-state index contributed by atoms with van der Waals surface area (Å²) in [6.45, 7) is 3.61. The molecule has 10 heteroatoms. The van der Waals surface area contributed by atoms with Gasteiger partial charge in [0.1, 0.15) is 6.61 Å². The predicted molar refractivity (Wildman–Crippen MR) is 385 cm³/mol. The Kier molecular flexibility index (Phi) is 69.1. The Hall–Kier alpha value is -4.37. The molecule has 0 amide bonds. The van der Waals surface area contributed by atoms with Gasteiger partial charge in [-0.05, 0) is 128 Å². The zero-order valence-electron chi connectivity index (χ0n) is 56.9. The molecule has 0 saturated carbocycles. The maximum Gasteiger partial charge on any atom is 0.472 e. The van der Waals surface area contributed by atoms with Crippen LogP contribution in [0.15, 0.2) is 158 Å². The van der Waals surface area contributed by atoms with Gasteiger partial charge in [0.15, 0.2) is 6.10 Å². The lowest BCUT2D eigenvalue weighted by Gasteiger charge is -2.19. The fourth-order valence-electron chi connectivity index (χ4n) is 9.61. The van der Waals surface area contributed by atoms with E-state index in [1.165, 1.54) is 141 Å². The van der Waals surface area contributed by atoms with Crippen molar-refractivity contribution >= 4 is 19.8 Å². The lowest BCUT2D eigenvalue weighted by atomic mass is 10.0. The molecule has 0 aromatic rings. The molecule has 0 fully saturated rings. The monoisotopic (exact) mass is 1250 g/mol. The summed E-state index contributed by atoms with van der Waals surface area (Å²) in [5.41, 5.74) is 5.40. The molecule has 0 saturated heterocycles. The summed E-state index contributed by atoms with van der Waals surface area (Å²) in [7, 11) is -4.41. The highest BCUT2D eigenvalue weighted by molar-refractivity contribution is 7.47. The van der Waals surface area contributed by atoms with Crippen LogP contribution in [0.4, 0.5) is 0 Å². The second-order valence-electron chi connectivity index (χ2n) is 23.4. The lowest BCUT2D eigenvalue weighted by molar-refractivity contribution is -0.161. The number of carbonyl (C=O) groups is 2. The molecule has 0 aromatic carbocycles. The van der Waals surface area contributed by atoms with E-state index < -0.39 is 26.5 Å². The maximum atomic E-state index is 12.8. The van der Waals surface area contributed by atoms with Crippen LogP contribution in [0.25, 0.3) is 0 Å². The minimum atomic E-state index is -4.41. The smallest absolute Gasteiger partial charge is 0.462 e. The molecule has 0 aliphatic rings. The summed E-state index contributed by atoms with van der Waals surface area (Å²) in [4.78, 5) is 35.4. The fraction of sp³-hybridized carbons (Fsp3) is 0.646. The maximum absolute atomic E-state index is 12.8. The van der Waals surface area contributed by atoms with Crippen molar-refractivity contribution in [2.75, 3.05) is 26.4 Å². The van der Waals surface area contributed by atoms with Gasteiger partial charge in [-0.2, -0.15) is 0 Å². The first-order valence-electron chi connectivity index (χ1n) is 36.0. The second kappa shape index (κ2) is 72.7. The van der Waals surface area contributed by atoms with Gasteiger partial charge < -0.3 is 20.1 Å². The third kappa shape index (κ3) is 72.6. The van der Waals surface area contributed by atoms with Gasteiger partial charge in [-0.1, -0.05) is 313 Å². The summed E-state index contributed by atoms with van der Waals surface area (Å²) < 4.78 is 33.1. The van der Waals surface area contributed by atoms with Gasteiger partial charge in [0.05, 0.1) is 13.2 Å². The van der Waals surface area contributed by atoms with Crippen molar-refractivity contribution in [2.24, 2.45) is 5.73 Å². The molecule has 0 heterocycles. The van der Waals surface area contributed by atoms with Crippen molar-refractivity contribution in [1.82, 2.24) is 0 Å². The molecule has 3 N–H and O–H groups in total. The summed E-state index contributed by atoms with van der Waals surface area (Å²) in [6, 6.07) is 0. The number of phosphoric ester groups is 1. The first-order chi connectivity index (χ1) is 43.8. The summed E-state index contributed by atoms with van der Waals surface area (Å²) >= 11 is 0. The van der Waals surface area contributed by atoms with Gasteiger partial charge in [0.25, 0.3) is 0 Å². The quantitative estimate of drug-likeness (QED) is 0.0264. The number of ether oxygens (including phenoxy) is 2. The zero-order valence-corrected chi connectivity index (χ0v) is 57.8. The fourth-order valence-corrected chi connectivity index (χ4v) is 10.4. The first-order valence-corrected chi connectivity index (χ1v) is 37.5. The van der Waals surface area contributed by atoms with E-state index in [9.17, 15) is 19.0 Å². The van der Waals surface area contributed by atoms with Gasteiger partial charge in [-0.25, -0.2) is 4.57 Å². The Bertz CT molecular complexity index is 2020. The van der Waals surface area contributed by atoms with E-state index in [-0.39, 0.29) is 38.6 Å². The first kappa shape index (κ1) is 84.6. The third-order valence-corrected chi connectivity index (χ3v) is 15.9. The lowest BCUT2D eigenvalue weighted by Crippen LogP contribution is -2.29. The molecule has 9 nitrogen and oxygen atoms in total. The normalized spacial score (nSPS) is 13.9. The molecule has 0 aliphatic carbocycles. The molecule has 0 aromatic heterocycles. The highest BCUT2D eigenvalue weighted by Crippen LogP contribution is 2.43. The Morgan fingerprint density at radius 1 is 0.348 bits per heavy atom. The van der Waals surface area contributed by atoms with Gasteiger partial charge in [0.2, 0.25) is 0 Å². The average molecular weight is 1250 g/mol. The highest BCUT2D eigenvalue weighted by Gasteiger charge is 2.26. The number of hydrogen-bond donors (Lipinski definition) is 2. The molecule has 2 unspecified atom stereocenters. The van der Waals surface area contributed by atoms with E-state index in [0.29, 0.717) is 6.42 Å². The van der Waals surface area contributed by atoms with Crippen LogP contribution < -0.4 is 5.73 Å². The van der Waals surface area contributed by atoms with E-state index in [1.54, 1.807) is 0 Å².